The molecular formula is C16H24O7. The number of hydrogen-bond donors (Lipinski definition) is 0. The van der Waals surface area contributed by atoms with Crippen molar-refractivity contribution in [3.8, 4) is 0 Å². The Hall–Kier alpha value is -2.18. The van der Waals surface area contributed by atoms with Gasteiger partial charge in [-0.1, -0.05) is 12.2 Å². The van der Waals surface area contributed by atoms with E-state index in [-0.39, 0.29) is 39.1 Å². The molecule has 0 aliphatic carbocycles. The van der Waals surface area contributed by atoms with E-state index in [1.807, 2.05) is 0 Å². The molecule has 0 aromatic carbocycles. The van der Waals surface area contributed by atoms with E-state index in [0.29, 0.717) is 6.29 Å². The second-order valence-corrected chi connectivity index (χ2v) is 4.71. The first kappa shape index (κ1) is 20.8. The van der Waals surface area contributed by atoms with Gasteiger partial charge in [0.15, 0.2) is 5.41 Å². The average molecular weight is 328 g/mol. The Morgan fingerprint density at radius 1 is 0.957 bits per heavy atom. The van der Waals surface area contributed by atoms with Crippen molar-refractivity contribution in [3.05, 3.63) is 12.2 Å². The Morgan fingerprint density at radius 3 is 1.96 bits per heavy atom. The molecule has 0 saturated heterocycles. The average Bonchev–Trinajstić information content (AvgIpc) is 2.50. The minimum Gasteiger partial charge on any atom is -0.465 e. The van der Waals surface area contributed by atoms with Crippen molar-refractivity contribution in [2.24, 2.45) is 5.41 Å². The first-order chi connectivity index (χ1) is 10.9. The highest BCUT2D eigenvalue weighted by molar-refractivity contribution is 6.00. The monoisotopic (exact) mass is 328 g/mol. The molecule has 0 saturated carbocycles. The van der Waals surface area contributed by atoms with Crippen molar-refractivity contribution in [1.82, 2.24) is 0 Å². The SMILES string of the molecule is CCOC(=O)C(C/C=C/COC(C)=O)(CCC=O)C(=O)OCC. The number of carbonyl (C=O) groups excluding carboxylic acids is 4. The quantitative estimate of drug-likeness (QED) is 0.187. The van der Waals surface area contributed by atoms with E-state index < -0.39 is 23.3 Å². The molecule has 0 unspecified atom stereocenters. The molecule has 7 nitrogen and oxygen atoms in total. The normalized spacial score (nSPS) is 11.1. The summed E-state index contributed by atoms with van der Waals surface area (Å²) >= 11 is 0. The summed E-state index contributed by atoms with van der Waals surface area (Å²) in [7, 11) is 0. The molecular weight excluding hydrogens is 304 g/mol. The van der Waals surface area contributed by atoms with E-state index in [4.69, 9.17) is 14.2 Å². The highest BCUT2D eigenvalue weighted by Crippen LogP contribution is 2.32. The van der Waals surface area contributed by atoms with Crippen molar-refractivity contribution in [2.45, 2.75) is 40.0 Å². The van der Waals surface area contributed by atoms with Gasteiger partial charge >= 0.3 is 17.9 Å². The predicted octanol–water partition coefficient (Wildman–Crippen LogP) is 1.59. The van der Waals surface area contributed by atoms with Gasteiger partial charge in [-0.05, 0) is 26.7 Å². The number of hydrogen-bond acceptors (Lipinski definition) is 7. The summed E-state index contributed by atoms with van der Waals surface area (Å²) < 4.78 is 14.7. The van der Waals surface area contributed by atoms with Crippen LogP contribution in [0.3, 0.4) is 0 Å². The van der Waals surface area contributed by atoms with Crippen molar-refractivity contribution >= 4 is 24.2 Å². The smallest absolute Gasteiger partial charge is 0.323 e. The lowest BCUT2D eigenvalue weighted by molar-refractivity contribution is -0.172. The largest absolute Gasteiger partial charge is 0.465 e. The van der Waals surface area contributed by atoms with Gasteiger partial charge in [0, 0.05) is 13.3 Å². The fourth-order valence-corrected chi connectivity index (χ4v) is 1.92. The topological polar surface area (TPSA) is 96.0 Å². The standard InChI is InChI=1S/C16H24O7/c1-4-21-14(19)16(10-8-11-17,15(20)22-5-2)9-6-7-12-23-13(3)18/h6-7,11H,4-5,8-10,12H2,1-3H3/b7-6+. The third-order valence-corrected chi connectivity index (χ3v) is 3.04. The molecule has 0 aromatic heterocycles. The number of rotatable bonds is 11. The molecule has 0 N–H and O–H groups in total. The first-order valence-corrected chi connectivity index (χ1v) is 7.51. The van der Waals surface area contributed by atoms with Gasteiger partial charge in [0.1, 0.15) is 12.9 Å². The Bertz CT molecular complexity index is 422. The molecule has 23 heavy (non-hydrogen) atoms. The molecule has 0 radical (unpaired) electrons. The summed E-state index contributed by atoms with van der Waals surface area (Å²) in [6.45, 7) is 4.79. The Kier molecular flexibility index (Phi) is 10.3. The third kappa shape index (κ3) is 7.08. The van der Waals surface area contributed by atoms with Crippen LogP contribution in [0.5, 0.6) is 0 Å². The molecule has 0 bridgehead atoms. The van der Waals surface area contributed by atoms with Crippen LogP contribution in [0.1, 0.15) is 40.0 Å². The molecule has 130 valence electrons. The minimum atomic E-state index is -1.57. The van der Waals surface area contributed by atoms with E-state index >= 15 is 0 Å². The summed E-state index contributed by atoms with van der Waals surface area (Å²) in [6.07, 6.45) is 3.72. The number of aldehydes is 1. The minimum absolute atomic E-state index is 0.000227. The molecule has 0 spiro atoms. The van der Waals surface area contributed by atoms with E-state index in [1.54, 1.807) is 19.9 Å². The van der Waals surface area contributed by atoms with E-state index in [2.05, 4.69) is 0 Å². The van der Waals surface area contributed by atoms with Crippen LogP contribution in [0.4, 0.5) is 0 Å². The number of allylic oxidation sites excluding steroid dienone is 1. The van der Waals surface area contributed by atoms with Gasteiger partial charge in [-0.25, -0.2) is 0 Å². The Labute approximate surface area is 136 Å². The Morgan fingerprint density at radius 2 is 1.52 bits per heavy atom. The first-order valence-electron chi connectivity index (χ1n) is 7.51. The van der Waals surface area contributed by atoms with Gasteiger partial charge in [-0.3, -0.25) is 14.4 Å². The maximum Gasteiger partial charge on any atom is 0.323 e. The van der Waals surface area contributed by atoms with Crippen LogP contribution >= 0.6 is 0 Å². The number of esters is 3. The van der Waals surface area contributed by atoms with Crippen LogP contribution < -0.4 is 0 Å². The van der Waals surface area contributed by atoms with Crippen LogP contribution in [0.2, 0.25) is 0 Å². The van der Waals surface area contributed by atoms with Crippen molar-refractivity contribution in [1.29, 1.82) is 0 Å². The summed E-state index contributed by atoms with van der Waals surface area (Å²) in [4.78, 5) is 46.0. The van der Waals surface area contributed by atoms with Crippen LogP contribution in [-0.4, -0.2) is 44.0 Å². The van der Waals surface area contributed by atoms with Crippen LogP contribution in [0.25, 0.3) is 0 Å². The highest BCUT2D eigenvalue weighted by Gasteiger charge is 2.47. The van der Waals surface area contributed by atoms with Crippen molar-refractivity contribution in [2.75, 3.05) is 19.8 Å². The Balaban J connectivity index is 5.25. The summed E-state index contributed by atoms with van der Waals surface area (Å²) in [5, 5.41) is 0. The fraction of sp³-hybridized carbons (Fsp3) is 0.625. The van der Waals surface area contributed by atoms with Crippen LogP contribution in [0, 0.1) is 5.41 Å². The second-order valence-electron chi connectivity index (χ2n) is 4.71. The molecule has 0 atom stereocenters. The number of carbonyl (C=O) groups is 4. The summed E-state index contributed by atoms with van der Waals surface area (Å²) in [5.74, 6) is -1.88. The van der Waals surface area contributed by atoms with E-state index in [9.17, 15) is 19.2 Å². The highest BCUT2D eigenvalue weighted by atomic mass is 16.6. The molecule has 0 fully saturated rings. The molecule has 0 heterocycles. The molecule has 0 rings (SSSR count). The van der Waals surface area contributed by atoms with Crippen LogP contribution in [-0.2, 0) is 33.4 Å². The second kappa shape index (κ2) is 11.4. The van der Waals surface area contributed by atoms with Crippen molar-refractivity contribution < 1.29 is 33.4 Å². The fourth-order valence-electron chi connectivity index (χ4n) is 1.92. The van der Waals surface area contributed by atoms with Gasteiger partial charge in [-0.15, -0.1) is 0 Å². The van der Waals surface area contributed by atoms with E-state index in [1.165, 1.54) is 13.0 Å². The van der Waals surface area contributed by atoms with Crippen molar-refractivity contribution in [3.63, 3.8) is 0 Å². The maximum atomic E-state index is 12.3. The number of ether oxygens (including phenoxy) is 3. The third-order valence-electron chi connectivity index (χ3n) is 3.04. The summed E-state index contributed by atoms with van der Waals surface area (Å²) in [6, 6.07) is 0. The van der Waals surface area contributed by atoms with Crippen LogP contribution in [0.15, 0.2) is 12.2 Å². The lowest BCUT2D eigenvalue weighted by Crippen LogP contribution is -2.42. The molecule has 0 amide bonds. The van der Waals surface area contributed by atoms with Gasteiger partial charge in [0.05, 0.1) is 13.2 Å². The lowest BCUT2D eigenvalue weighted by Gasteiger charge is -2.27. The van der Waals surface area contributed by atoms with Gasteiger partial charge in [0.2, 0.25) is 0 Å². The zero-order chi connectivity index (χ0) is 17.7. The molecule has 0 aliphatic rings. The lowest BCUT2D eigenvalue weighted by atomic mass is 9.80. The van der Waals surface area contributed by atoms with Gasteiger partial charge in [0.25, 0.3) is 0 Å². The van der Waals surface area contributed by atoms with Gasteiger partial charge in [-0.2, -0.15) is 0 Å². The maximum absolute atomic E-state index is 12.3. The molecule has 0 aromatic rings. The predicted molar refractivity (Wildman–Crippen MR) is 81.4 cm³/mol. The molecule has 7 heteroatoms. The van der Waals surface area contributed by atoms with Gasteiger partial charge < -0.3 is 19.0 Å². The van der Waals surface area contributed by atoms with E-state index in [0.717, 1.165) is 0 Å². The zero-order valence-electron chi connectivity index (χ0n) is 13.8. The zero-order valence-corrected chi connectivity index (χ0v) is 13.8. The summed E-state index contributed by atoms with van der Waals surface area (Å²) in [5.41, 5.74) is -1.57. The molecule has 0 aliphatic heterocycles.